The predicted molar refractivity (Wildman–Crippen MR) is 123 cm³/mol. The zero-order chi connectivity index (χ0) is 21.2. The Bertz CT molecular complexity index is 1320. The van der Waals surface area contributed by atoms with Gasteiger partial charge in [0.1, 0.15) is 0 Å². The number of hydrogen-bond acceptors (Lipinski definition) is 4. The molecule has 2 aromatic carbocycles. The monoisotopic (exact) mass is 403 g/mol. The molecule has 5 aromatic rings. The van der Waals surface area contributed by atoms with Gasteiger partial charge in [-0.15, -0.1) is 10.2 Å². The summed E-state index contributed by atoms with van der Waals surface area (Å²) in [6.07, 6.45) is 3.64. The van der Waals surface area contributed by atoms with Crippen LogP contribution in [0, 0.1) is 13.8 Å². The molecule has 31 heavy (non-hydrogen) atoms. The molecule has 0 aliphatic rings. The number of pyridine rings is 2. The predicted octanol–water partition coefficient (Wildman–Crippen LogP) is 5.68. The van der Waals surface area contributed by atoms with Gasteiger partial charge in [-0.2, -0.15) is 0 Å². The zero-order valence-corrected chi connectivity index (χ0v) is 17.4. The van der Waals surface area contributed by atoms with Crippen LogP contribution in [0.1, 0.15) is 11.3 Å². The third-order valence-electron chi connectivity index (χ3n) is 5.32. The summed E-state index contributed by atoms with van der Waals surface area (Å²) in [5.74, 6) is 1.52. The second-order valence-electron chi connectivity index (χ2n) is 7.38. The molecule has 0 radical (unpaired) electrons. The van der Waals surface area contributed by atoms with Crippen molar-refractivity contribution in [2.24, 2.45) is 0 Å². The molecule has 0 atom stereocenters. The summed E-state index contributed by atoms with van der Waals surface area (Å²) < 4.78 is 2.11. The zero-order valence-electron chi connectivity index (χ0n) is 17.4. The lowest BCUT2D eigenvalue weighted by atomic mass is 10.0. The van der Waals surface area contributed by atoms with Gasteiger partial charge in [0, 0.05) is 29.1 Å². The molecule has 5 nitrogen and oxygen atoms in total. The third-order valence-corrected chi connectivity index (χ3v) is 5.32. The summed E-state index contributed by atoms with van der Waals surface area (Å²) in [6, 6.07) is 26.3. The fraction of sp³-hybridized carbons (Fsp3) is 0.0769. The van der Waals surface area contributed by atoms with Crippen molar-refractivity contribution in [3.63, 3.8) is 0 Å². The summed E-state index contributed by atoms with van der Waals surface area (Å²) in [7, 11) is 0. The molecule has 0 bridgehead atoms. The van der Waals surface area contributed by atoms with E-state index in [9.17, 15) is 0 Å². The Morgan fingerprint density at radius 2 is 1.29 bits per heavy atom. The molecular formula is C26H21N5. The molecule has 0 aliphatic heterocycles. The van der Waals surface area contributed by atoms with Crippen LogP contribution in [0.5, 0.6) is 0 Å². The molecule has 3 aromatic heterocycles. The first-order chi connectivity index (χ1) is 15.2. The molecule has 0 amide bonds. The van der Waals surface area contributed by atoms with Gasteiger partial charge in [-0.1, -0.05) is 60.7 Å². The number of nitrogens with zero attached hydrogens (tertiary/aromatic N) is 5. The second-order valence-corrected chi connectivity index (χ2v) is 7.38. The molecule has 0 unspecified atom stereocenters. The van der Waals surface area contributed by atoms with E-state index in [-0.39, 0.29) is 0 Å². The first kappa shape index (κ1) is 18.9. The van der Waals surface area contributed by atoms with Crippen molar-refractivity contribution in [2.75, 3.05) is 0 Å². The topological polar surface area (TPSA) is 56.5 Å². The molecule has 3 heterocycles. The molecular weight excluding hydrogens is 382 g/mol. The minimum absolute atomic E-state index is 0.741. The van der Waals surface area contributed by atoms with Gasteiger partial charge in [-0.05, 0) is 37.6 Å². The number of rotatable bonds is 4. The Morgan fingerprint density at radius 1 is 0.613 bits per heavy atom. The summed E-state index contributed by atoms with van der Waals surface area (Å²) in [5, 5.41) is 9.27. The van der Waals surface area contributed by atoms with Crippen LogP contribution in [0.2, 0.25) is 0 Å². The van der Waals surface area contributed by atoms with Crippen LogP contribution < -0.4 is 0 Å². The van der Waals surface area contributed by atoms with Gasteiger partial charge >= 0.3 is 0 Å². The summed E-state index contributed by atoms with van der Waals surface area (Å²) in [4.78, 5) is 9.24. The van der Waals surface area contributed by atoms with Crippen molar-refractivity contribution >= 4 is 0 Å². The van der Waals surface area contributed by atoms with Crippen LogP contribution >= 0.6 is 0 Å². The molecule has 5 heteroatoms. The maximum absolute atomic E-state index is 4.69. The van der Waals surface area contributed by atoms with Gasteiger partial charge in [-0.3, -0.25) is 14.5 Å². The normalized spacial score (nSPS) is 10.9. The van der Waals surface area contributed by atoms with Gasteiger partial charge in [-0.25, -0.2) is 0 Å². The summed E-state index contributed by atoms with van der Waals surface area (Å²) in [6.45, 7) is 4.10. The van der Waals surface area contributed by atoms with Crippen LogP contribution in [0.3, 0.4) is 0 Å². The minimum Gasteiger partial charge on any atom is -0.273 e. The second kappa shape index (κ2) is 7.95. The highest BCUT2D eigenvalue weighted by Crippen LogP contribution is 2.34. The summed E-state index contributed by atoms with van der Waals surface area (Å²) >= 11 is 0. The average Bonchev–Trinajstić information content (AvgIpc) is 3.25. The number of aromatic nitrogens is 5. The highest BCUT2D eigenvalue weighted by molar-refractivity contribution is 5.79. The van der Waals surface area contributed by atoms with E-state index in [4.69, 9.17) is 4.98 Å². The van der Waals surface area contributed by atoms with Crippen molar-refractivity contribution < 1.29 is 0 Å². The van der Waals surface area contributed by atoms with Crippen molar-refractivity contribution in [1.82, 2.24) is 24.7 Å². The van der Waals surface area contributed by atoms with E-state index in [1.807, 2.05) is 86.0 Å². The van der Waals surface area contributed by atoms with Gasteiger partial charge in [0.25, 0.3) is 0 Å². The quantitative estimate of drug-likeness (QED) is 0.388. The van der Waals surface area contributed by atoms with E-state index >= 15 is 0 Å². The summed E-state index contributed by atoms with van der Waals surface area (Å²) in [5.41, 5.74) is 6.84. The van der Waals surface area contributed by atoms with Crippen LogP contribution in [-0.4, -0.2) is 24.7 Å². The molecule has 5 rings (SSSR count). The average molecular weight is 403 g/mol. The van der Waals surface area contributed by atoms with Gasteiger partial charge in [0.05, 0.1) is 17.1 Å². The highest BCUT2D eigenvalue weighted by atomic mass is 15.3. The molecule has 0 saturated heterocycles. The van der Waals surface area contributed by atoms with Crippen LogP contribution in [-0.2, 0) is 0 Å². The van der Waals surface area contributed by atoms with Crippen molar-refractivity contribution in [3.8, 4) is 39.7 Å². The maximum atomic E-state index is 4.69. The van der Waals surface area contributed by atoms with E-state index < -0.39 is 0 Å². The van der Waals surface area contributed by atoms with Crippen molar-refractivity contribution in [3.05, 3.63) is 103 Å². The smallest absolute Gasteiger partial charge is 0.171 e. The Labute approximate surface area is 181 Å². The first-order valence-corrected chi connectivity index (χ1v) is 10.2. The SMILES string of the molecule is Cc1ccnc(C)c1-n1c(-c2ccccc2)nnc1-c1cccnc1-c1ccccc1. The van der Waals surface area contributed by atoms with Crippen molar-refractivity contribution in [1.29, 1.82) is 0 Å². The number of hydrogen-bond donors (Lipinski definition) is 0. The Kier molecular flexibility index (Phi) is 4.84. The van der Waals surface area contributed by atoms with Gasteiger partial charge < -0.3 is 0 Å². The lowest BCUT2D eigenvalue weighted by molar-refractivity contribution is 1.000. The van der Waals surface area contributed by atoms with Crippen molar-refractivity contribution in [2.45, 2.75) is 13.8 Å². The number of benzene rings is 2. The fourth-order valence-electron chi connectivity index (χ4n) is 3.88. The third kappa shape index (κ3) is 3.40. The van der Waals surface area contributed by atoms with Crippen LogP contribution in [0.15, 0.2) is 91.3 Å². The van der Waals surface area contributed by atoms with E-state index in [0.717, 1.165) is 51.0 Å². The molecule has 0 saturated carbocycles. The largest absolute Gasteiger partial charge is 0.273 e. The Hall–Kier alpha value is -4.12. The molecule has 0 N–H and O–H groups in total. The Balaban J connectivity index is 1.83. The lowest BCUT2D eigenvalue weighted by Gasteiger charge is -2.16. The van der Waals surface area contributed by atoms with E-state index in [0.29, 0.717) is 0 Å². The fourth-order valence-corrected chi connectivity index (χ4v) is 3.88. The minimum atomic E-state index is 0.741. The van der Waals surface area contributed by atoms with Crippen LogP contribution in [0.25, 0.3) is 39.7 Å². The molecule has 0 spiro atoms. The Morgan fingerprint density at radius 3 is 2.00 bits per heavy atom. The molecule has 0 fully saturated rings. The van der Waals surface area contributed by atoms with E-state index in [1.165, 1.54) is 0 Å². The maximum Gasteiger partial charge on any atom is 0.171 e. The number of aryl methyl sites for hydroxylation is 2. The van der Waals surface area contributed by atoms with E-state index in [2.05, 4.69) is 38.8 Å². The molecule has 0 aliphatic carbocycles. The lowest BCUT2D eigenvalue weighted by Crippen LogP contribution is -2.06. The highest BCUT2D eigenvalue weighted by Gasteiger charge is 2.22. The first-order valence-electron chi connectivity index (χ1n) is 10.2. The molecule has 150 valence electrons. The van der Waals surface area contributed by atoms with E-state index in [1.54, 1.807) is 0 Å². The standard InChI is InChI=1S/C26H21N5/c1-18-15-17-27-19(2)24(18)31-25(21-12-7-4-8-13-21)29-30-26(31)22-14-9-16-28-23(22)20-10-5-3-6-11-20/h3-17H,1-2H3. The van der Waals surface area contributed by atoms with Gasteiger partial charge in [0.15, 0.2) is 11.6 Å². The van der Waals surface area contributed by atoms with Crippen LogP contribution in [0.4, 0.5) is 0 Å². The van der Waals surface area contributed by atoms with Gasteiger partial charge in [0.2, 0.25) is 0 Å².